The molecule has 6 heteroatoms. The fourth-order valence-corrected chi connectivity index (χ4v) is 3.55. The van der Waals surface area contributed by atoms with Crippen molar-refractivity contribution in [2.24, 2.45) is 5.92 Å². The van der Waals surface area contributed by atoms with Crippen molar-refractivity contribution < 1.29 is 14.3 Å². The molecule has 0 spiro atoms. The molecule has 2 aliphatic rings. The zero-order chi connectivity index (χ0) is 15.7. The second-order valence-electron chi connectivity index (χ2n) is 5.82. The van der Waals surface area contributed by atoms with Crippen molar-refractivity contribution in [1.82, 2.24) is 4.90 Å². The number of morpholine rings is 1. The van der Waals surface area contributed by atoms with Crippen molar-refractivity contribution in [2.75, 3.05) is 31.1 Å². The molecular weight excluding hydrogens is 348 g/mol. The SMILES string of the molecule is C[C@@H]1CN(C(=O)[C@H]2CC(=O)N(c3ccccc3Br)C2)CCO1. The van der Waals surface area contributed by atoms with Crippen LogP contribution in [-0.4, -0.2) is 49.1 Å². The third kappa shape index (κ3) is 3.03. The molecule has 3 rings (SSSR count). The highest BCUT2D eigenvalue weighted by Gasteiger charge is 2.38. The van der Waals surface area contributed by atoms with Gasteiger partial charge in [-0.3, -0.25) is 9.59 Å². The van der Waals surface area contributed by atoms with Crippen LogP contribution in [0, 0.1) is 5.92 Å². The number of carbonyl (C=O) groups excluding carboxylic acids is 2. The van der Waals surface area contributed by atoms with Crippen molar-refractivity contribution in [3.8, 4) is 0 Å². The normalized spacial score (nSPS) is 25.6. The number of benzene rings is 1. The fraction of sp³-hybridized carbons (Fsp3) is 0.500. The van der Waals surface area contributed by atoms with E-state index in [9.17, 15) is 9.59 Å². The Morgan fingerprint density at radius 1 is 1.32 bits per heavy atom. The molecule has 0 aromatic heterocycles. The quantitative estimate of drug-likeness (QED) is 0.804. The number of amides is 2. The summed E-state index contributed by atoms with van der Waals surface area (Å²) in [7, 11) is 0. The van der Waals surface area contributed by atoms with Crippen LogP contribution in [0.3, 0.4) is 0 Å². The average Bonchev–Trinajstić information content (AvgIpc) is 2.89. The molecule has 2 saturated heterocycles. The molecule has 0 aliphatic carbocycles. The van der Waals surface area contributed by atoms with Crippen LogP contribution in [0.4, 0.5) is 5.69 Å². The number of nitrogens with zero attached hydrogens (tertiary/aromatic N) is 2. The standard InChI is InChI=1S/C16H19BrN2O3/c1-11-9-18(6-7-22-11)16(21)12-8-15(20)19(10-12)14-5-3-2-4-13(14)17/h2-5,11-12H,6-10H2,1H3/t11-,12+/m1/s1. The first-order chi connectivity index (χ1) is 10.6. The van der Waals surface area contributed by atoms with Crippen molar-refractivity contribution in [2.45, 2.75) is 19.4 Å². The van der Waals surface area contributed by atoms with E-state index in [0.717, 1.165) is 10.2 Å². The summed E-state index contributed by atoms with van der Waals surface area (Å²) in [6.07, 6.45) is 0.348. The number of ether oxygens (including phenoxy) is 1. The van der Waals surface area contributed by atoms with Gasteiger partial charge >= 0.3 is 0 Å². The van der Waals surface area contributed by atoms with Gasteiger partial charge in [0.15, 0.2) is 0 Å². The molecule has 118 valence electrons. The Kier molecular flexibility index (Phi) is 4.49. The summed E-state index contributed by atoms with van der Waals surface area (Å²) in [5.41, 5.74) is 0.832. The Morgan fingerprint density at radius 2 is 2.09 bits per heavy atom. The Morgan fingerprint density at radius 3 is 2.82 bits per heavy atom. The lowest BCUT2D eigenvalue weighted by molar-refractivity contribution is -0.142. The zero-order valence-electron chi connectivity index (χ0n) is 12.5. The molecule has 2 heterocycles. The third-order valence-corrected chi connectivity index (χ3v) is 4.84. The van der Waals surface area contributed by atoms with E-state index >= 15 is 0 Å². The van der Waals surface area contributed by atoms with E-state index in [1.807, 2.05) is 36.1 Å². The monoisotopic (exact) mass is 366 g/mol. The predicted molar refractivity (Wildman–Crippen MR) is 86.6 cm³/mol. The number of carbonyl (C=O) groups is 2. The Bertz CT molecular complexity index is 593. The maximum absolute atomic E-state index is 12.6. The number of para-hydroxylation sites is 1. The smallest absolute Gasteiger partial charge is 0.228 e. The first-order valence-corrected chi connectivity index (χ1v) is 8.31. The Labute approximate surface area is 138 Å². The second kappa shape index (κ2) is 6.38. The van der Waals surface area contributed by atoms with Gasteiger partial charge in [-0.2, -0.15) is 0 Å². The van der Waals surface area contributed by atoms with Gasteiger partial charge in [0.05, 0.1) is 24.3 Å². The van der Waals surface area contributed by atoms with E-state index in [1.54, 1.807) is 4.90 Å². The van der Waals surface area contributed by atoms with E-state index in [-0.39, 0.29) is 30.3 Å². The lowest BCUT2D eigenvalue weighted by atomic mass is 10.1. The van der Waals surface area contributed by atoms with Gasteiger partial charge in [0.2, 0.25) is 11.8 Å². The summed E-state index contributed by atoms with van der Waals surface area (Å²) in [6.45, 7) is 4.21. The number of hydrogen-bond donors (Lipinski definition) is 0. The Balaban J connectivity index is 1.72. The summed E-state index contributed by atoms with van der Waals surface area (Å²) >= 11 is 3.47. The lowest BCUT2D eigenvalue weighted by Gasteiger charge is -2.32. The highest BCUT2D eigenvalue weighted by molar-refractivity contribution is 9.10. The van der Waals surface area contributed by atoms with Crippen LogP contribution >= 0.6 is 15.9 Å². The molecule has 2 fully saturated rings. The van der Waals surface area contributed by atoms with Gasteiger partial charge in [0.25, 0.3) is 0 Å². The van der Waals surface area contributed by atoms with Crippen molar-refractivity contribution >= 4 is 33.4 Å². The van der Waals surface area contributed by atoms with Gasteiger partial charge in [-0.1, -0.05) is 12.1 Å². The van der Waals surface area contributed by atoms with E-state index in [4.69, 9.17) is 4.74 Å². The molecule has 5 nitrogen and oxygen atoms in total. The number of halogens is 1. The van der Waals surface area contributed by atoms with E-state index in [2.05, 4.69) is 15.9 Å². The van der Waals surface area contributed by atoms with Gasteiger partial charge in [-0.05, 0) is 35.0 Å². The molecule has 0 unspecified atom stereocenters. The minimum absolute atomic E-state index is 0.00607. The van der Waals surface area contributed by atoms with Crippen molar-refractivity contribution in [3.05, 3.63) is 28.7 Å². The molecule has 0 bridgehead atoms. The van der Waals surface area contributed by atoms with Crippen LogP contribution in [0.25, 0.3) is 0 Å². The lowest BCUT2D eigenvalue weighted by Crippen LogP contribution is -2.47. The van der Waals surface area contributed by atoms with Crippen LogP contribution in [-0.2, 0) is 14.3 Å². The average molecular weight is 367 g/mol. The fourth-order valence-electron chi connectivity index (χ4n) is 3.05. The molecule has 2 aliphatic heterocycles. The highest BCUT2D eigenvalue weighted by atomic mass is 79.9. The molecular formula is C16H19BrN2O3. The molecule has 0 radical (unpaired) electrons. The first kappa shape index (κ1) is 15.5. The maximum atomic E-state index is 12.6. The van der Waals surface area contributed by atoms with Gasteiger partial charge in [-0.15, -0.1) is 0 Å². The van der Waals surface area contributed by atoms with E-state index in [1.165, 1.54) is 0 Å². The molecule has 2 amide bonds. The summed E-state index contributed by atoms with van der Waals surface area (Å²) in [4.78, 5) is 28.5. The molecule has 0 saturated carbocycles. The molecule has 22 heavy (non-hydrogen) atoms. The zero-order valence-corrected chi connectivity index (χ0v) is 14.1. The predicted octanol–water partition coefficient (Wildman–Crippen LogP) is 2.05. The van der Waals surface area contributed by atoms with Crippen molar-refractivity contribution in [1.29, 1.82) is 0 Å². The Hall–Kier alpha value is -1.40. The maximum Gasteiger partial charge on any atom is 0.228 e. The van der Waals surface area contributed by atoms with Crippen LogP contribution in [0.15, 0.2) is 28.7 Å². The first-order valence-electron chi connectivity index (χ1n) is 7.51. The van der Waals surface area contributed by atoms with Crippen LogP contribution in [0.1, 0.15) is 13.3 Å². The van der Waals surface area contributed by atoms with Crippen LogP contribution in [0.2, 0.25) is 0 Å². The van der Waals surface area contributed by atoms with Crippen LogP contribution in [0.5, 0.6) is 0 Å². The van der Waals surface area contributed by atoms with Crippen molar-refractivity contribution in [3.63, 3.8) is 0 Å². The minimum atomic E-state index is -0.259. The van der Waals surface area contributed by atoms with Crippen LogP contribution < -0.4 is 4.90 Å². The number of anilines is 1. The van der Waals surface area contributed by atoms with Gasteiger partial charge in [0, 0.05) is 30.5 Å². The second-order valence-corrected chi connectivity index (χ2v) is 6.68. The summed E-state index contributed by atoms with van der Waals surface area (Å²) in [5.74, 6) is -0.186. The summed E-state index contributed by atoms with van der Waals surface area (Å²) in [6, 6.07) is 7.60. The number of rotatable bonds is 2. The van der Waals surface area contributed by atoms with E-state index in [0.29, 0.717) is 26.2 Å². The topological polar surface area (TPSA) is 49.9 Å². The largest absolute Gasteiger partial charge is 0.375 e. The third-order valence-electron chi connectivity index (χ3n) is 4.17. The van der Waals surface area contributed by atoms with Gasteiger partial charge < -0.3 is 14.5 Å². The molecule has 1 aromatic carbocycles. The molecule has 2 atom stereocenters. The van der Waals surface area contributed by atoms with Gasteiger partial charge in [0.1, 0.15) is 0 Å². The van der Waals surface area contributed by atoms with E-state index < -0.39 is 0 Å². The highest BCUT2D eigenvalue weighted by Crippen LogP contribution is 2.32. The molecule has 0 N–H and O–H groups in total. The minimum Gasteiger partial charge on any atom is -0.375 e. The number of hydrogen-bond acceptors (Lipinski definition) is 3. The summed E-state index contributed by atoms with van der Waals surface area (Å²) in [5, 5.41) is 0. The van der Waals surface area contributed by atoms with Gasteiger partial charge in [-0.25, -0.2) is 0 Å². The summed E-state index contributed by atoms with van der Waals surface area (Å²) < 4.78 is 6.34. The molecule has 1 aromatic rings.